The predicted molar refractivity (Wildman–Crippen MR) is 72.9 cm³/mol. The number of rotatable bonds is 4. The molecule has 7 heteroatoms. The Morgan fingerprint density at radius 3 is 2.85 bits per heavy atom. The van der Waals surface area contributed by atoms with Gasteiger partial charge in [-0.3, -0.25) is 14.2 Å². The highest BCUT2D eigenvalue weighted by molar-refractivity contribution is 7.99. The molecule has 0 amide bonds. The third kappa shape index (κ3) is 3.24. The van der Waals surface area contributed by atoms with Crippen LogP contribution in [0.25, 0.3) is 5.69 Å². The fraction of sp³-hybridized carbons (Fsp3) is 0.154. The van der Waals surface area contributed by atoms with Gasteiger partial charge in [0.25, 0.3) is 5.56 Å². The van der Waals surface area contributed by atoms with Crippen LogP contribution in [0.3, 0.4) is 0 Å². The first-order chi connectivity index (χ1) is 9.47. The van der Waals surface area contributed by atoms with Gasteiger partial charge >= 0.3 is 5.97 Å². The number of aliphatic carboxylic acids is 1. The topological polar surface area (TPSA) is 72.2 Å². The van der Waals surface area contributed by atoms with Crippen molar-refractivity contribution >= 4 is 17.7 Å². The van der Waals surface area contributed by atoms with Crippen LogP contribution in [0.2, 0.25) is 0 Å². The molecule has 1 N–H and O–H groups in total. The molecule has 2 aromatic rings. The van der Waals surface area contributed by atoms with Crippen molar-refractivity contribution in [1.82, 2.24) is 9.55 Å². The van der Waals surface area contributed by atoms with Gasteiger partial charge in [-0.2, -0.15) is 4.98 Å². The average Bonchev–Trinajstić information content (AvgIpc) is 2.40. The van der Waals surface area contributed by atoms with Crippen LogP contribution in [0.15, 0.2) is 40.4 Å². The molecule has 0 spiro atoms. The van der Waals surface area contributed by atoms with Crippen LogP contribution in [-0.2, 0) is 4.79 Å². The molecule has 0 aliphatic heterocycles. The summed E-state index contributed by atoms with van der Waals surface area (Å²) in [6, 6.07) is 5.83. The van der Waals surface area contributed by atoms with Crippen LogP contribution in [0.1, 0.15) is 5.56 Å². The number of halogens is 1. The molecule has 1 aromatic carbocycles. The summed E-state index contributed by atoms with van der Waals surface area (Å²) in [5.41, 5.74) is 0.512. The summed E-state index contributed by atoms with van der Waals surface area (Å²) >= 11 is 0.904. The van der Waals surface area contributed by atoms with Gasteiger partial charge in [0.15, 0.2) is 5.16 Å². The van der Waals surface area contributed by atoms with Crippen molar-refractivity contribution in [3.63, 3.8) is 0 Å². The molecule has 0 radical (unpaired) electrons. The largest absolute Gasteiger partial charge is 0.481 e. The molecule has 104 valence electrons. The van der Waals surface area contributed by atoms with Crippen molar-refractivity contribution in [2.75, 3.05) is 5.75 Å². The van der Waals surface area contributed by atoms with Crippen LogP contribution >= 0.6 is 11.8 Å². The molecular formula is C13H11FN2O3S. The number of aryl methyl sites for hydroxylation is 1. The van der Waals surface area contributed by atoms with E-state index in [0.29, 0.717) is 11.3 Å². The Labute approximate surface area is 118 Å². The number of nitrogens with zero attached hydrogens (tertiary/aromatic N) is 2. The molecule has 5 nitrogen and oxygen atoms in total. The smallest absolute Gasteiger partial charge is 0.313 e. The second-order valence-electron chi connectivity index (χ2n) is 4.03. The zero-order chi connectivity index (χ0) is 14.7. The Morgan fingerprint density at radius 2 is 2.20 bits per heavy atom. The maximum atomic E-state index is 13.6. The molecule has 0 fully saturated rings. The van der Waals surface area contributed by atoms with Crippen LogP contribution in [-0.4, -0.2) is 26.4 Å². The summed E-state index contributed by atoms with van der Waals surface area (Å²) in [4.78, 5) is 25.6. The highest BCUT2D eigenvalue weighted by Crippen LogP contribution is 2.20. The molecule has 2 rings (SSSR count). The Kier molecular flexibility index (Phi) is 4.19. The minimum Gasteiger partial charge on any atom is -0.481 e. The Bertz CT molecular complexity index is 715. The van der Waals surface area contributed by atoms with E-state index in [1.54, 1.807) is 19.1 Å². The number of thioether (sulfide) groups is 1. The van der Waals surface area contributed by atoms with Crippen LogP contribution < -0.4 is 5.56 Å². The van der Waals surface area contributed by atoms with Crippen molar-refractivity contribution in [3.05, 3.63) is 52.2 Å². The van der Waals surface area contributed by atoms with Crippen molar-refractivity contribution in [2.45, 2.75) is 12.1 Å². The van der Waals surface area contributed by atoms with E-state index in [1.807, 2.05) is 0 Å². The van der Waals surface area contributed by atoms with Crippen LogP contribution in [0, 0.1) is 12.7 Å². The zero-order valence-corrected chi connectivity index (χ0v) is 11.4. The predicted octanol–water partition coefficient (Wildman–Crippen LogP) is 1.86. The summed E-state index contributed by atoms with van der Waals surface area (Å²) in [5.74, 6) is -1.63. The molecule has 0 bridgehead atoms. The monoisotopic (exact) mass is 294 g/mol. The van der Waals surface area contributed by atoms with E-state index in [4.69, 9.17) is 5.11 Å². The van der Waals surface area contributed by atoms with Gasteiger partial charge in [0, 0.05) is 12.3 Å². The summed E-state index contributed by atoms with van der Waals surface area (Å²) in [6.45, 7) is 1.64. The van der Waals surface area contributed by atoms with Crippen LogP contribution in [0.4, 0.5) is 4.39 Å². The molecular weight excluding hydrogens is 283 g/mol. The average molecular weight is 294 g/mol. The third-order valence-corrected chi connectivity index (χ3v) is 3.47. The summed E-state index contributed by atoms with van der Waals surface area (Å²) in [6.07, 6.45) is 1.45. The number of hydrogen-bond acceptors (Lipinski definition) is 4. The number of aromatic nitrogens is 2. The van der Waals surface area contributed by atoms with E-state index in [2.05, 4.69) is 4.98 Å². The second kappa shape index (κ2) is 5.87. The molecule has 20 heavy (non-hydrogen) atoms. The lowest BCUT2D eigenvalue weighted by Crippen LogP contribution is -2.13. The molecule has 0 saturated carbocycles. The first-order valence-electron chi connectivity index (χ1n) is 5.68. The van der Waals surface area contributed by atoms with Gasteiger partial charge in [-0.25, -0.2) is 4.39 Å². The van der Waals surface area contributed by atoms with E-state index >= 15 is 0 Å². The van der Waals surface area contributed by atoms with E-state index < -0.39 is 11.5 Å². The molecule has 1 heterocycles. The second-order valence-corrected chi connectivity index (χ2v) is 4.98. The Hall–Kier alpha value is -2.15. The quantitative estimate of drug-likeness (QED) is 0.688. The lowest BCUT2D eigenvalue weighted by molar-refractivity contribution is -0.133. The molecule has 0 aliphatic rings. The molecule has 0 unspecified atom stereocenters. The van der Waals surface area contributed by atoms with Gasteiger partial charge in [-0.05, 0) is 24.6 Å². The number of carboxylic acid groups (broad SMARTS) is 1. The fourth-order valence-corrected chi connectivity index (χ4v) is 2.26. The number of hydrogen-bond donors (Lipinski definition) is 1. The molecule has 0 atom stereocenters. The summed E-state index contributed by atoms with van der Waals surface area (Å²) in [7, 11) is 0. The number of carbonyl (C=O) groups is 1. The summed E-state index contributed by atoms with van der Waals surface area (Å²) in [5, 5.41) is 8.90. The van der Waals surface area contributed by atoms with Gasteiger partial charge in [-0.15, -0.1) is 0 Å². The molecule has 1 aromatic heterocycles. The fourth-order valence-electron chi connectivity index (χ4n) is 1.54. The van der Waals surface area contributed by atoms with Gasteiger partial charge in [0.2, 0.25) is 0 Å². The zero-order valence-electron chi connectivity index (χ0n) is 10.5. The third-order valence-electron chi connectivity index (χ3n) is 2.54. The van der Waals surface area contributed by atoms with E-state index in [1.165, 1.54) is 22.9 Å². The van der Waals surface area contributed by atoms with Crippen molar-refractivity contribution < 1.29 is 14.3 Å². The van der Waals surface area contributed by atoms with Gasteiger partial charge in [0.1, 0.15) is 5.82 Å². The summed E-state index contributed by atoms with van der Waals surface area (Å²) < 4.78 is 15.1. The van der Waals surface area contributed by atoms with Crippen molar-refractivity contribution in [1.29, 1.82) is 0 Å². The van der Waals surface area contributed by atoms with Crippen LogP contribution in [0.5, 0.6) is 0 Å². The van der Waals surface area contributed by atoms with Crippen molar-refractivity contribution in [3.8, 4) is 5.69 Å². The minimum atomic E-state index is -1.02. The number of carboxylic acids is 1. The van der Waals surface area contributed by atoms with Gasteiger partial charge < -0.3 is 5.11 Å². The molecule has 0 saturated heterocycles. The van der Waals surface area contributed by atoms with Gasteiger partial charge in [0.05, 0.1) is 11.4 Å². The number of benzene rings is 1. The first kappa shape index (κ1) is 14.3. The SMILES string of the molecule is Cc1ccc(-n2ccc(=O)nc2SCC(=O)O)cc1F. The highest BCUT2D eigenvalue weighted by atomic mass is 32.2. The Morgan fingerprint density at radius 1 is 1.45 bits per heavy atom. The maximum Gasteiger partial charge on any atom is 0.313 e. The van der Waals surface area contributed by atoms with Crippen molar-refractivity contribution in [2.24, 2.45) is 0 Å². The lowest BCUT2D eigenvalue weighted by atomic mass is 10.2. The standard InChI is InChI=1S/C13H11FN2O3S/c1-8-2-3-9(6-10(8)14)16-5-4-11(17)15-13(16)20-7-12(18)19/h2-6H,7H2,1H3,(H,18,19). The highest BCUT2D eigenvalue weighted by Gasteiger charge is 2.09. The Balaban J connectivity index is 2.46. The normalized spacial score (nSPS) is 10.5. The van der Waals surface area contributed by atoms with E-state index in [0.717, 1.165) is 11.8 Å². The maximum absolute atomic E-state index is 13.6. The van der Waals surface area contributed by atoms with Gasteiger partial charge in [-0.1, -0.05) is 17.8 Å². The first-order valence-corrected chi connectivity index (χ1v) is 6.67. The molecule has 0 aliphatic carbocycles. The lowest BCUT2D eigenvalue weighted by Gasteiger charge is -2.11. The minimum absolute atomic E-state index is 0.211. The van der Waals surface area contributed by atoms with E-state index in [9.17, 15) is 14.0 Å². The van der Waals surface area contributed by atoms with E-state index in [-0.39, 0.29) is 16.7 Å².